The minimum absolute atomic E-state index is 0.0596. The van der Waals surface area contributed by atoms with Crippen molar-refractivity contribution in [3.05, 3.63) is 45.4 Å². The van der Waals surface area contributed by atoms with E-state index in [0.29, 0.717) is 30.4 Å². The van der Waals surface area contributed by atoms with Gasteiger partial charge in [-0.25, -0.2) is 9.78 Å². The zero-order chi connectivity index (χ0) is 18.8. The second-order valence-corrected chi connectivity index (χ2v) is 8.24. The van der Waals surface area contributed by atoms with Crippen molar-refractivity contribution in [3.8, 4) is 0 Å². The van der Waals surface area contributed by atoms with Crippen LogP contribution in [-0.4, -0.2) is 34.9 Å². The summed E-state index contributed by atoms with van der Waals surface area (Å²) in [6, 6.07) is 7.60. The number of hydrogen-bond acceptors (Lipinski definition) is 4. The van der Waals surface area contributed by atoms with E-state index in [4.69, 9.17) is 0 Å². The van der Waals surface area contributed by atoms with Crippen LogP contribution in [0.15, 0.2) is 24.3 Å². The van der Waals surface area contributed by atoms with E-state index in [0.717, 1.165) is 22.0 Å². The number of urea groups is 1. The molecule has 1 aromatic heterocycles. The number of aryl methyl sites for hydroxylation is 1. The van der Waals surface area contributed by atoms with E-state index in [1.165, 1.54) is 37.0 Å². The number of para-hydroxylation sites is 1. The molecule has 3 amide bonds. The Hall–Kier alpha value is -2.41. The lowest BCUT2D eigenvalue weighted by Gasteiger charge is -2.17. The van der Waals surface area contributed by atoms with E-state index >= 15 is 0 Å². The molecule has 2 aromatic rings. The van der Waals surface area contributed by atoms with Crippen LogP contribution in [0.2, 0.25) is 0 Å². The van der Waals surface area contributed by atoms with E-state index < -0.39 is 0 Å². The fraction of sp³-hybridized carbons (Fsp3) is 0.450. The zero-order valence-electron chi connectivity index (χ0n) is 15.5. The van der Waals surface area contributed by atoms with Crippen LogP contribution in [0.25, 0.3) is 0 Å². The average Bonchev–Trinajstić information content (AvgIpc) is 3.38. The van der Waals surface area contributed by atoms with Gasteiger partial charge in [0.1, 0.15) is 4.88 Å². The molecule has 2 fully saturated rings. The van der Waals surface area contributed by atoms with Gasteiger partial charge in [-0.05, 0) is 31.4 Å². The summed E-state index contributed by atoms with van der Waals surface area (Å²) in [4.78, 5) is 31.8. The van der Waals surface area contributed by atoms with Crippen molar-refractivity contribution in [1.29, 1.82) is 0 Å². The number of nitrogens with zero attached hydrogens (tertiary/aromatic N) is 2. The molecule has 0 unspecified atom stereocenters. The fourth-order valence-electron chi connectivity index (χ4n) is 3.80. The lowest BCUT2D eigenvalue weighted by Crippen LogP contribution is -2.28. The Balaban J connectivity index is 1.50. The van der Waals surface area contributed by atoms with E-state index in [-0.39, 0.29) is 11.9 Å². The van der Waals surface area contributed by atoms with Crippen molar-refractivity contribution < 1.29 is 9.59 Å². The summed E-state index contributed by atoms with van der Waals surface area (Å²) in [5, 5.41) is 6.93. The van der Waals surface area contributed by atoms with Crippen molar-refractivity contribution in [2.24, 2.45) is 0 Å². The predicted molar refractivity (Wildman–Crippen MR) is 106 cm³/mol. The number of carbonyl (C=O) groups excluding carboxylic acids is 2. The molecule has 2 aliphatic rings. The summed E-state index contributed by atoms with van der Waals surface area (Å²) in [5.74, 6) is 0.392. The highest BCUT2D eigenvalue weighted by Crippen LogP contribution is 2.37. The first kappa shape index (κ1) is 18.0. The SMILES string of the molecule is Cc1nc(C2CCCC2)sc1C(=O)Nc1ccccc1CN1CCNC1=O. The van der Waals surface area contributed by atoms with Gasteiger partial charge in [-0.15, -0.1) is 11.3 Å². The van der Waals surface area contributed by atoms with Gasteiger partial charge in [0.15, 0.2) is 0 Å². The molecule has 6 nitrogen and oxygen atoms in total. The molecule has 2 N–H and O–H groups in total. The Kier molecular flexibility index (Phi) is 5.11. The standard InChI is InChI=1S/C20H24N4O2S/c1-13-17(27-19(22-13)14-6-2-3-7-14)18(25)23-16-9-5-4-8-15(16)12-24-11-10-21-20(24)26/h4-5,8-9,14H,2-3,6-7,10-12H2,1H3,(H,21,26)(H,23,25). The number of carbonyl (C=O) groups is 2. The third-order valence-electron chi connectivity index (χ3n) is 5.30. The highest BCUT2D eigenvalue weighted by molar-refractivity contribution is 7.14. The van der Waals surface area contributed by atoms with Crippen LogP contribution >= 0.6 is 11.3 Å². The molecule has 1 aliphatic carbocycles. The van der Waals surface area contributed by atoms with Crippen LogP contribution in [0.4, 0.5) is 10.5 Å². The van der Waals surface area contributed by atoms with Gasteiger partial charge in [0, 0.05) is 31.2 Å². The monoisotopic (exact) mass is 384 g/mol. The molecule has 27 heavy (non-hydrogen) atoms. The highest BCUT2D eigenvalue weighted by atomic mass is 32.1. The summed E-state index contributed by atoms with van der Waals surface area (Å²) in [5.41, 5.74) is 2.48. The third kappa shape index (κ3) is 3.83. The Labute approximate surface area is 163 Å². The van der Waals surface area contributed by atoms with Gasteiger partial charge >= 0.3 is 6.03 Å². The molecule has 2 heterocycles. The predicted octanol–water partition coefficient (Wildman–Crippen LogP) is 3.89. The maximum absolute atomic E-state index is 12.9. The van der Waals surface area contributed by atoms with Gasteiger partial charge in [0.25, 0.3) is 5.91 Å². The summed E-state index contributed by atoms with van der Waals surface area (Å²) in [7, 11) is 0. The number of anilines is 1. The average molecular weight is 385 g/mol. The van der Waals surface area contributed by atoms with Crippen LogP contribution in [-0.2, 0) is 6.54 Å². The van der Waals surface area contributed by atoms with Crippen molar-refractivity contribution in [2.75, 3.05) is 18.4 Å². The molecule has 0 atom stereocenters. The van der Waals surface area contributed by atoms with E-state index in [9.17, 15) is 9.59 Å². The van der Waals surface area contributed by atoms with Crippen LogP contribution in [0, 0.1) is 6.92 Å². The first-order valence-electron chi connectivity index (χ1n) is 9.51. The quantitative estimate of drug-likeness (QED) is 0.821. The Morgan fingerprint density at radius 1 is 1.33 bits per heavy atom. The maximum Gasteiger partial charge on any atom is 0.317 e. The van der Waals surface area contributed by atoms with Crippen LogP contribution < -0.4 is 10.6 Å². The second-order valence-electron chi connectivity index (χ2n) is 7.21. The van der Waals surface area contributed by atoms with E-state index in [1.807, 2.05) is 31.2 Å². The largest absolute Gasteiger partial charge is 0.336 e. The smallest absolute Gasteiger partial charge is 0.317 e. The summed E-state index contributed by atoms with van der Waals surface area (Å²) < 4.78 is 0. The van der Waals surface area contributed by atoms with Gasteiger partial charge in [0.2, 0.25) is 0 Å². The summed E-state index contributed by atoms with van der Waals surface area (Å²) in [6.07, 6.45) is 4.86. The van der Waals surface area contributed by atoms with Crippen LogP contribution in [0.5, 0.6) is 0 Å². The molecule has 0 bridgehead atoms. The summed E-state index contributed by atoms with van der Waals surface area (Å²) in [6.45, 7) is 3.73. The first-order chi connectivity index (χ1) is 13.1. The maximum atomic E-state index is 12.9. The number of hydrogen-bond donors (Lipinski definition) is 2. The Morgan fingerprint density at radius 2 is 2.11 bits per heavy atom. The number of thiazole rings is 1. The van der Waals surface area contributed by atoms with E-state index in [1.54, 1.807) is 4.90 Å². The number of benzene rings is 1. The fourth-order valence-corrected chi connectivity index (χ4v) is 4.93. The molecule has 142 valence electrons. The molecule has 0 radical (unpaired) electrons. The molecule has 1 saturated carbocycles. The Morgan fingerprint density at radius 3 is 2.85 bits per heavy atom. The van der Waals surface area contributed by atoms with Gasteiger partial charge in [-0.1, -0.05) is 31.0 Å². The lowest BCUT2D eigenvalue weighted by molar-refractivity contribution is 0.102. The van der Waals surface area contributed by atoms with Gasteiger partial charge in [-0.3, -0.25) is 4.79 Å². The topological polar surface area (TPSA) is 74.3 Å². The molecule has 4 rings (SSSR count). The summed E-state index contributed by atoms with van der Waals surface area (Å²) >= 11 is 1.53. The number of aromatic nitrogens is 1. The number of amides is 3. The molecule has 0 spiro atoms. The van der Waals surface area contributed by atoms with Crippen LogP contribution in [0.3, 0.4) is 0 Å². The van der Waals surface area contributed by atoms with Crippen molar-refractivity contribution >= 4 is 29.0 Å². The minimum atomic E-state index is -0.118. The van der Waals surface area contributed by atoms with Crippen molar-refractivity contribution in [1.82, 2.24) is 15.2 Å². The van der Waals surface area contributed by atoms with Crippen LogP contribution in [0.1, 0.15) is 57.5 Å². The van der Waals surface area contributed by atoms with Gasteiger partial charge in [0.05, 0.1) is 10.7 Å². The highest BCUT2D eigenvalue weighted by Gasteiger charge is 2.25. The lowest BCUT2D eigenvalue weighted by atomic mass is 10.1. The zero-order valence-corrected chi connectivity index (χ0v) is 16.3. The number of rotatable bonds is 5. The van der Waals surface area contributed by atoms with Gasteiger partial charge in [-0.2, -0.15) is 0 Å². The molecule has 1 aliphatic heterocycles. The third-order valence-corrected chi connectivity index (χ3v) is 6.61. The molecule has 1 aromatic carbocycles. The second kappa shape index (κ2) is 7.68. The molecular formula is C20H24N4O2S. The normalized spacial score (nSPS) is 17.4. The molecule has 1 saturated heterocycles. The number of nitrogens with one attached hydrogen (secondary N) is 2. The minimum Gasteiger partial charge on any atom is -0.336 e. The van der Waals surface area contributed by atoms with Gasteiger partial charge < -0.3 is 15.5 Å². The first-order valence-corrected chi connectivity index (χ1v) is 10.3. The molecular weight excluding hydrogens is 360 g/mol. The van der Waals surface area contributed by atoms with E-state index in [2.05, 4.69) is 15.6 Å². The van der Waals surface area contributed by atoms with Crippen molar-refractivity contribution in [3.63, 3.8) is 0 Å². The Bertz CT molecular complexity index is 857. The molecule has 7 heteroatoms. The van der Waals surface area contributed by atoms with Crippen molar-refractivity contribution in [2.45, 2.75) is 45.1 Å².